The molecule has 0 radical (unpaired) electrons. The van der Waals surface area contributed by atoms with E-state index in [0.717, 1.165) is 10.5 Å². The van der Waals surface area contributed by atoms with Crippen molar-refractivity contribution in [1.29, 1.82) is 5.26 Å². The number of hydrogen-bond acceptors (Lipinski definition) is 6. The number of rotatable bonds is 8. The summed E-state index contributed by atoms with van der Waals surface area (Å²) in [6.07, 6.45) is -0.818. The van der Waals surface area contributed by atoms with E-state index in [-0.39, 0.29) is 26.3 Å². The van der Waals surface area contributed by atoms with Crippen molar-refractivity contribution in [2.75, 3.05) is 25.1 Å². The molecule has 10 heteroatoms. The number of nitriles is 1. The van der Waals surface area contributed by atoms with Crippen LogP contribution in [-0.2, 0) is 6.54 Å². The first-order chi connectivity index (χ1) is 14.5. The van der Waals surface area contributed by atoms with Crippen LogP contribution in [0.3, 0.4) is 0 Å². The summed E-state index contributed by atoms with van der Waals surface area (Å²) in [5.41, 5.74) is 1.45. The molecule has 1 aliphatic rings. The van der Waals surface area contributed by atoms with Crippen molar-refractivity contribution >= 4 is 29.4 Å². The Morgan fingerprint density at radius 2 is 1.87 bits per heavy atom. The summed E-state index contributed by atoms with van der Waals surface area (Å²) < 4.78 is 5.22. The number of anilines is 1. The molecule has 3 N–H and O–H groups in total. The van der Waals surface area contributed by atoms with E-state index in [1.165, 1.54) is 4.90 Å². The molecule has 2 aromatic rings. The van der Waals surface area contributed by atoms with Gasteiger partial charge in [-0.15, -0.1) is 0 Å². The minimum atomic E-state index is -0.818. The summed E-state index contributed by atoms with van der Waals surface area (Å²) >= 11 is 5.93. The first-order valence-corrected chi connectivity index (χ1v) is 9.50. The van der Waals surface area contributed by atoms with Gasteiger partial charge in [0.05, 0.1) is 19.7 Å². The molecule has 9 nitrogen and oxygen atoms in total. The highest BCUT2D eigenvalue weighted by atomic mass is 35.5. The molecule has 30 heavy (non-hydrogen) atoms. The molecule has 156 valence electrons. The molecule has 1 fully saturated rings. The normalized spacial score (nSPS) is 16.1. The Kier molecular flexibility index (Phi) is 6.95. The lowest BCUT2D eigenvalue weighted by Gasteiger charge is -2.41. The molecule has 1 atom stereocenters. The number of urea groups is 2. The van der Waals surface area contributed by atoms with Gasteiger partial charge in [-0.3, -0.25) is 10.2 Å². The third kappa shape index (κ3) is 5.11. The first kappa shape index (κ1) is 21.2. The lowest BCUT2D eigenvalue weighted by molar-refractivity contribution is 0.0992. The topological polar surface area (TPSA) is 118 Å². The zero-order valence-corrected chi connectivity index (χ0v) is 16.7. The average Bonchev–Trinajstić information content (AvgIpc) is 2.75. The Labute approximate surface area is 178 Å². The van der Waals surface area contributed by atoms with Crippen LogP contribution in [0.25, 0.3) is 0 Å². The fourth-order valence-corrected chi connectivity index (χ4v) is 3.03. The Balaban J connectivity index is 1.80. The van der Waals surface area contributed by atoms with E-state index < -0.39 is 18.4 Å². The second kappa shape index (κ2) is 9.82. The first-order valence-electron chi connectivity index (χ1n) is 9.12. The Bertz CT molecular complexity index is 930. The van der Waals surface area contributed by atoms with E-state index in [1.807, 2.05) is 6.07 Å². The predicted molar refractivity (Wildman–Crippen MR) is 110 cm³/mol. The van der Waals surface area contributed by atoms with Gasteiger partial charge < -0.3 is 15.2 Å². The second-order valence-electron chi connectivity index (χ2n) is 6.38. The molecule has 1 saturated heterocycles. The maximum absolute atomic E-state index is 12.9. The summed E-state index contributed by atoms with van der Waals surface area (Å²) in [7, 11) is 0. The highest BCUT2D eigenvalue weighted by Gasteiger charge is 2.38. The number of carbonyl (C=O) groups is 2. The number of halogens is 1. The van der Waals surface area contributed by atoms with Crippen molar-refractivity contribution in [3.63, 3.8) is 0 Å². The van der Waals surface area contributed by atoms with Crippen molar-refractivity contribution < 1.29 is 19.4 Å². The van der Waals surface area contributed by atoms with Crippen molar-refractivity contribution in [3.8, 4) is 11.8 Å². The minimum absolute atomic E-state index is 0.0600. The minimum Gasteiger partial charge on any atom is -0.479 e. The molecule has 1 unspecified atom stereocenters. The summed E-state index contributed by atoms with van der Waals surface area (Å²) in [6, 6.07) is 14.6. The van der Waals surface area contributed by atoms with Crippen LogP contribution in [0, 0.1) is 11.3 Å². The largest absolute Gasteiger partial charge is 0.479 e. The molecule has 0 bridgehead atoms. The lowest BCUT2D eigenvalue weighted by atomic mass is 10.2. The molecular weight excluding hydrogens is 410 g/mol. The van der Waals surface area contributed by atoms with E-state index in [0.29, 0.717) is 16.5 Å². The molecule has 0 spiro atoms. The molecule has 0 aliphatic carbocycles. The lowest BCUT2D eigenvalue weighted by Crippen LogP contribution is -2.67. The zero-order chi connectivity index (χ0) is 21.5. The molecule has 1 aliphatic heterocycles. The highest BCUT2D eigenvalue weighted by Crippen LogP contribution is 2.21. The smallest absolute Gasteiger partial charge is 0.331 e. The number of carbonyl (C=O) groups excluding carboxylic acids is 2. The number of imide groups is 1. The van der Waals surface area contributed by atoms with Crippen LogP contribution in [0.4, 0.5) is 15.3 Å². The van der Waals surface area contributed by atoms with Crippen molar-refractivity contribution in [2.24, 2.45) is 0 Å². The molecular formula is C20H20ClN5O4. The molecule has 0 saturated carbocycles. The molecule has 2 aromatic carbocycles. The number of benzene rings is 2. The standard InChI is InChI=1S/C20H20ClN5O4/c21-15-3-1-14(2-4-15)13-26-18(24-19(28)25(10-11-27)20(26)29)23-16-5-7-17(8-6-16)30-12-9-22/h1-8,18,23,27H,10-13H2,(H,24,28). The fraction of sp³-hybridized carbons (Fsp3) is 0.250. The van der Waals surface area contributed by atoms with Gasteiger partial charge in [0.1, 0.15) is 11.8 Å². The van der Waals surface area contributed by atoms with Crippen molar-refractivity contribution in [3.05, 3.63) is 59.1 Å². The van der Waals surface area contributed by atoms with E-state index in [1.54, 1.807) is 48.5 Å². The maximum atomic E-state index is 12.9. The molecule has 0 aromatic heterocycles. The van der Waals surface area contributed by atoms with Gasteiger partial charge in [-0.05, 0) is 42.0 Å². The van der Waals surface area contributed by atoms with E-state index in [2.05, 4.69) is 10.6 Å². The van der Waals surface area contributed by atoms with E-state index in [4.69, 9.17) is 21.6 Å². The third-order valence-electron chi connectivity index (χ3n) is 4.34. The van der Waals surface area contributed by atoms with Gasteiger partial charge in [0.15, 0.2) is 12.9 Å². The Hall–Kier alpha value is -3.48. The van der Waals surface area contributed by atoms with Gasteiger partial charge in [0.2, 0.25) is 0 Å². The van der Waals surface area contributed by atoms with Gasteiger partial charge in [0, 0.05) is 10.7 Å². The Morgan fingerprint density at radius 1 is 1.17 bits per heavy atom. The van der Waals surface area contributed by atoms with Crippen LogP contribution < -0.4 is 15.4 Å². The summed E-state index contributed by atoms with van der Waals surface area (Å²) in [5.74, 6) is 0.526. The average molecular weight is 430 g/mol. The number of hydrogen-bond donors (Lipinski definition) is 3. The van der Waals surface area contributed by atoms with Gasteiger partial charge in [-0.25, -0.2) is 14.5 Å². The fourth-order valence-electron chi connectivity index (χ4n) is 2.90. The number of β-amino-alcohol motifs (C(OH)–C–C–N with tert-alkyl or cyclic N) is 1. The number of amides is 4. The summed E-state index contributed by atoms with van der Waals surface area (Å²) in [4.78, 5) is 27.7. The monoisotopic (exact) mass is 429 g/mol. The molecule has 1 heterocycles. The van der Waals surface area contributed by atoms with Gasteiger partial charge in [-0.2, -0.15) is 5.26 Å². The summed E-state index contributed by atoms with van der Waals surface area (Å²) in [6.45, 7) is -0.301. The SMILES string of the molecule is N#CCOc1ccc(NC2NC(=O)N(CCO)C(=O)N2Cc2ccc(Cl)cc2)cc1. The predicted octanol–water partition coefficient (Wildman–Crippen LogP) is 2.58. The van der Waals surface area contributed by atoms with Crippen LogP contribution in [0.5, 0.6) is 5.75 Å². The number of nitrogens with zero attached hydrogens (tertiary/aromatic N) is 3. The zero-order valence-electron chi connectivity index (χ0n) is 15.9. The van der Waals surface area contributed by atoms with Crippen LogP contribution in [0.15, 0.2) is 48.5 Å². The van der Waals surface area contributed by atoms with Crippen LogP contribution in [-0.4, -0.2) is 53.0 Å². The number of aliphatic hydroxyl groups is 1. The van der Waals surface area contributed by atoms with Crippen LogP contribution in [0.1, 0.15) is 5.56 Å². The molecule has 3 rings (SSSR count). The Morgan fingerprint density at radius 3 is 2.50 bits per heavy atom. The number of aliphatic hydroxyl groups excluding tert-OH is 1. The van der Waals surface area contributed by atoms with Crippen LogP contribution >= 0.6 is 11.6 Å². The highest BCUT2D eigenvalue weighted by molar-refractivity contribution is 6.30. The second-order valence-corrected chi connectivity index (χ2v) is 6.82. The van der Waals surface area contributed by atoms with Crippen molar-refractivity contribution in [2.45, 2.75) is 12.8 Å². The number of ether oxygens (including phenoxy) is 1. The molecule has 4 amide bonds. The van der Waals surface area contributed by atoms with Crippen LogP contribution in [0.2, 0.25) is 5.02 Å². The summed E-state index contributed by atoms with van der Waals surface area (Å²) in [5, 5.41) is 24.2. The van der Waals surface area contributed by atoms with Gasteiger partial charge in [0.25, 0.3) is 0 Å². The third-order valence-corrected chi connectivity index (χ3v) is 4.60. The number of nitrogens with one attached hydrogen (secondary N) is 2. The van der Waals surface area contributed by atoms with Gasteiger partial charge >= 0.3 is 12.1 Å². The quantitative estimate of drug-likeness (QED) is 0.593. The van der Waals surface area contributed by atoms with Gasteiger partial charge in [-0.1, -0.05) is 23.7 Å². The van der Waals surface area contributed by atoms with Crippen molar-refractivity contribution in [1.82, 2.24) is 15.1 Å². The maximum Gasteiger partial charge on any atom is 0.331 e. The van der Waals surface area contributed by atoms with E-state index >= 15 is 0 Å². The van der Waals surface area contributed by atoms with E-state index in [9.17, 15) is 14.7 Å².